The third kappa shape index (κ3) is 5.64. The van der Waals surface area contributed by atoms with Gasteiger partial charge in [-0.3, -0.25) is 0 Å². The Morgan fingerprint density at radius 1 is 0.312 bits per heavy atom. The van der Waals surface area contributed by atoms with Crippen LogP contribution in [0.15, 0.2) is 231 Å². The van der Waals surface area contributed by atoms with Gasteiger partial charge in [-0.05, 0) is 109 Å². The molecule has 0 bridgehead atoms. The second kappa shape index (κ2) is 14.7. The second-order valence-electron chi connectivity index (χ2n) is 18.1. The first kappa shape index (κ1) is 38.0. The predicted molar refractivity (Wildman–Crippen MR) is 270 cm³/mol. The van der Waals surface area contributed by atoms with Crippen molar-refractivity contribution in [3.05, 3.63) is 258 Å². The van der Waals surface area contributed by atoms with Crippen molar-refractivity contribution in [1.29, 1.82) is 0 Å². The SMILES string of the molecule is CC1(C)c2ccccc2-c2c(N(c3ccccc3-c3ccc4c(c3)C(C)(c3ccccc3)c3ccccc3-4)c3ccccc3-c3cccc4cccc(-c5ccccc5)c34)cccc21. The summed E-state index contributed by atoms with van der Waals surface area (Å²) in [4.78, 5) is 2.57. The smallest absolute Gasteiger partial charge is 0.0543 e. The van der Waals surface area contributed by atoms with Crippen LogP contribution in [-0.4, -0.2) is 0 Å². The first-order valence-corrected chi connectivity index (χ1v) is 22.5. The van der Waals surface area contributed by atoms with Gasteiger partial charge in [-0.25, -0.2) is 0 Å². The molecule has 2 aliphatic carbocycles. The zero-order valence-electron chi connectivity index (χ0n) is 36.4. The molecule has 304 valence electrons. The van der Waals surface area contributed by atoms with Crippen molar-refractivity contribution in [3.8, 4) is 55.6 Å². The van der Waals surface area contributed by atoms with Crippen molar-refractivity contribution >= 4 is 27.8 Å². The first-order chi connectivity index (χ1) is 31.4. The number of fused-ring (bicyclic) bond motifs is 7. The molecule has 0 fully saturated rings. The average Bonchev–Trinajstić information content (AvgIpc) is 3.76. The minimum absolute atomic E-state index is 0.163. The Kier molecular flexibility index (Phi) is 8.71. The maximum atomic E-state index is 2.57. The van der Waals surface area contributed by atoms with Crippen LogP contribution in [0.25, 0.3) is 66.4 Å². The van der Waals surface area contributed by atoms with Gasteiger partial charge in [-0.1, -0.05) is 220 Å². The first-order valence-electron chi connectivity index (χ1n) is 22.5. The van der Waals surface area contributed by atoms with Gasteiger partial charge in [-0.2, -0.15) is 0 Å². The lowest BCUT2D eigenvalue weighted by molar-refractivity contribution is 0.660. The third-order valence-electron chi connectivity index (χ3n) is 14.4. The number of para-hydroxylation sites is 2. The molecule has 10 aromatic carbocycles. The lowest BCUT2D eigenvalue weighted by Gasteiger charge is -2.33. The van der Waals surface area contributed by atoms with E-state index in [1.165, 1.54) is 99.9 Å². The minimum Gasteiger partial charge on any atom is -0.309 e. The maximum absolute atomic E-state index is 2.57. The maximum Gasteiger partial charge on any atom is 0.0543 e. The van der Waals surface area contributed by atoms with Crippen LogP contribution in [0.5, 0.6) is 0 Å². The Morgan fingerprint density at radius 3 is 1.58 bits per heavy atom. The Hall–Kier alpha value is -7.74. The molecule has 0 aromatic heterocycles. The van der Waals surface area contributed by atoms with Crippen LogP contribution < -0.4 is 4.90 Å². The highest BCUT2D eigenvalue weighted by molar-refractivity contribution is 6.10. The molecule has 64 heavy (non-hydrogen) atoms. The van der Waals surface area contributed by atoms with E-state index in [9.17, 15) is 0 Å². The summed E-state index contributed by atoms with van der Waals surface area (Å²) in [5.41, 5.74) is 22.0. The normalized spacial score (nSPS) is 15.3. The largest absolute Gasteiger partial charge is 0.309 e. The number of anilines is 3. The van der Waals surface area contributed by atoms with Crippen molar-refractivity contribution < 1.29 is 0 Å². The number of rotatable bonds is 7. The van der Waals surface area contributed by atoms with Crippen molar-refractivity contribution in [2.75, 3.05) is 4.90 Å². The molecule has 1 heteroatoms. The van der Waals surface area contributed by atoms with Gasteiger partial charge in [-0.15, -0.1) is 0 Å². The summed E-state index contributed by atoms with van der Waals surface area (Å²) in [6.45, 7) is 7.16. The highest BCUT2D eigenvalue weighted by Crippen LogP contribution is 2.57. The number of hydrogen-bond acceptors (Lipinski definition) is 1. The Balaban J connectivity index is 1.14. The Labute approximate surface area is 376 Å². The van der Waals surface area contributed by atoms with Gasteiger partial charge in [0.15, 0.2) is 0 Å². The molecule has 0 amide bonds. The van der Waals surface area contributed by atoms with E-state index in [0.717, 1.165) is 11.4 Å². The monoisotopic (exact) mass is 817 g/mol. The number of nitrogens with zero attached hydrogens (tertiary/aromatic N) is 1. The van der Waals surface area contributed by atoms with E-state index >= 15 is 0 Å². The van der Waals surface area contributed by atoms with Crippen LogP contribution in [0.3, 0.4) is 0 Å². The van der Waals surface area contributed by atoms with Crippen LogP contribution >= 0.6 is 0 Å². The van der Waals surface area contributed by atoms with Crippen molar-refractivity contribution in [2.24, 2.45) is 0 Å². The van der Waals surface area contributed by atoms with E-state index in [1.807, 2.05) is 0 Å². The summed E-state index contributed by atoms with van der Waals surface area (Å²) in [5, 5.41) is 2.47. The van der Waals surface area contributed by atoms with Crippen LogP contribution in [0.1, 0.15) is 48.6 Å². The fourth-order valence-corrected chi connectivity index (χ4v) is 11.3. The highest BCUT2D eigenvalue weighted by Gasteiger charge is 2.41. The van der Waals surface area contributed by atoms with Crippen LogP contribution in [-0.2, 0) is 10.8 Å². The molecule has 0 heterocycles. The van der Waals surface area contributed by atoms with Gasteiger partial charge < -0.3 is 4.90 Å². The molecule has 1 atom stereocenters. The Morgan fingerprint density at radius 2 is 0.828 bits per heavy atom. The van der Waals surface area contributed by atoms with Gasteiger partial charge in [0.2, 0.25) is 0 Å². The molecule has 1 nitrogen and oxygen atoms in total. The van der Waals surface area contributed by atoms with Crippen molar-refractivity contribution in [3.63, 3.8) is 0 Å². The predicted octanol–water partition coefficient (Wildman–Crippen LogP) is 17.0. The lowest BCUT2D eigenvalue weighted by atomic mass is 9.74. The quantitative estimate of drug-likeness (QED) is 0.155. The van der Waals surface area contributed by atoms with Gasteiger partial charge in [0.25, 0.3) is 0 Å². The summed E-state index contributed by atoms with van der Waals surface area (Å²) < 4.78 is 0. The van der Waals surface area contributed by atoms with Gasteiger partial charge in [0.1, 0.15) is 0 Å². The van der Waals surface area contributed by atoms with Crippen molar-refractivity contribution in [1.82, 2.24) is 0 Å². The number of hydrogen-bond donors (Lipinski definition) is 0. The van der Waals surface area contributed by atoms with E-state index in [1.54, 1.807) is 0 Å². The molecule has 0 saturated heterocycles. The minimum atomic E-state index is -0.315. The molecule has 12 rings (SSSR count). The molecule has 10 aromatic rings. The highest BCUT2D eigenvalue weighted by atomic mass is 15.2. The van der Waals surface area contributed by atoms with Gasteiger partial charge >= 0.3 is 0 Å². The standard InChI is InChI=1S/C63H47N/c1-62(2)53-33-14-11-30-52(53)61-55(62)35-20-38-59(61)64(58-37-17-13-29-50(58)51-32-19-24-43-23-18-31-47(60(43)51)42-21-6-4-7-22-42)57-36-16-12-27-46(57)44-39-40-49-48-28-10-15-34-54(48)63(3,56(49)41-44)45-25-8-5-9-26-45/h4-41H,1-3H3. The van der Waals surface area contributed by atoms with E-state index in [0.29, 0.717) is 0 Å². The second-order valence-corrected chi connectivity index (χ2v) is 18.1. The molecular formula is C63H47N. The summed E-state index contributed by atoms with van der Waals surface area (Å²) in [6.07, 6.45) is 0. The van der Waals surface area contributed by atoms with E-state index in [4.69, 9.17) is 0 Å². The number of benzene rings is 10. The zero-order chi connectivity index (χ0) is 43.0. The van der Waals surface area contributed by atoms with E-state index in [-0.39, 0.29) is 10.8 Å². The molecule has 0 aliphatic heterocycles. The van der Waals surface area contributed by atoms with Crippen molar-refractivity contribution in [2.45, 2.75) is 31.6 Å². The summed E-state index contributed by atoms with van der Waals surface area (Å²) >= 11 is 0. The molecule has 0 saturated carbocycles. The molecule has 0 N–H and O–H groups in total. The fourth-order valence-electron chi connectivity index (χ4n) is 11.3. The van der Waals surface area contributed by atoms with E-state index < -0.39 is 0 Å². The van der Waals surface area contributed by atoms with Crippen LogP contribution in [0.2, 0.25) is 0 Å². The van der Waals surface area contributed by atoms with Gasteiger partial charge in [0.05, 0.1) is 17.1 Å². The summed E-state index contributed by atoms with van der Waals surface area (Å²) in [6, 6.07) is 85.6. The summed E-state index contributed by atoms with van der Waals surface area (Å²) in [5.74, 6) is 0. The van der Waals surface area contributed by atoms with E-state index in [2.05, 4.69) is 256 Å². The molecular weight excluding hydrogens is 771 g/mol. The topological polar surface area (TPSA) is 3.24 Å². The lowest BCUT2D eigenvalue weighted by Crippen LogP contribution is -2.22. The zero-order valence-corrected chi connectivity index (χ0v) is 36.4. The van der Waals surface area contributed by atoms with Gasteiger partial charge in [0, 0.05) is 27.5 Å². The average molecular weight is 818 g/mol. The molecule has 1 unspecified atom stereocenters. The third-order valence-corrected chi connectivity index (χ3v) is 14.4. The Bertz CT molecular complexity index is 3430. The van der Waals surface area contributed by atoms with Crippen LogP contribution in [0, 0.1) is 0 Å². The van der Waals surface area contributed by atoms with Crippen LogP contribution in [0.4, 0.5) is 17.1 Å². The fraction of sp³-hybridized carbons (Fsp3) is 0.0794. The molecule has 0 spiro atoms. The molecule has 0 radical (unpaired) electrons. The molecule has 2 aliphatic rings. The summed E-state index contributed by atoms with van der Waals surface area (Å²) in [7, 11) is 0.